The molecule has 5 nitrogen and oxygen atoms in total. The Labute approximate surface area is 187 Å². The summed E-state index contributed by atoms with van der Waals surface area (Å²) in [6.45, 7) is 2.24. The predicted octanol–water partition coefficient (Wildman–Crippen LogP) is 5.49. The number of carbonyl (C=O) groups excluding carboxylic acids is 2. The van der Waals surface area contributed by atoms with Crippen molar-refractivity contribution in [1.82, 2.24) is 5.32 Å². The third-order valence-electron chi connectivity index (χ3n) is 5.90. The van der Waals surface area contributed by atoms with E-state index >= 15 is 0 Å². The van der Waals surface area contributed by atoms with E-state index in [2.05, 4.69) is 5.32 Å². The standard InChI is InChI=1S/C25H29F2NO4/c1-2-31-24(29)13-9-17-8-12-23(21(14-17)20-11-10-19(26)15-22(20)27)28-25(30)32-16-18-6-4-3-5-7-18/h3-7,10-11,15,17,21,23H,2,8-9,12-14,16H2,1H3,(H,28,30)/t17?,21-,23+/m0/s1. The van der Waals surface area contributed by atoms with Crippen LogP contribution in [0.2, 0.25) is 0 Å². The summed E-state index contributed by atoms with van der Waals surface area (Å²) in [4.78, 5) is 24.2. The molecule has 1 N–H and O–H groups in total. The second-order valence-corrected chi connectivity index (χ2v) is 8.11. The highest BCUT2D eigenvalue weighted by Crippen LogP contribution is 2.39. The lowest BCUT2D eigenvalue weighted by Crippen LogP contribution is -2.43. The van der Waals surface area contributed by atoms with Gasteiger partial charge in [0.05, 0.1) is 6.61 Å². The molecule has 1 saturated carbocycles. The lowest BCUT2D eigenvalue weighted by molar-refractivity contribution is -0.143. The summed E-state index contributed by atoms with van der Waals surface area (Å²) in [5.41, 5.74) is 1.23. The number of halogens is 2. The number of benzene rings is 2. The molecule has 0 bridgehead atoms. The molecule has 3 atom stereocenters. The van der Waals surface area contributed by atoms with E-state index in [0.29, 0.717) is 37.9 Å². The second kappa shape index (κ2) is 11.6. The van der Waals surface area contributed by atoms with Crippen LogP contribution in [-0.4, -0.2) is 24.7 Å². The number of esters is 1. The number of hydrogen-bond donors (Lipinski definition) is 1. The lowest BCUT2D eigenvalue weighted by Gasteiger charge is -2.37. The van der Waals surface area contributed by atoms with Gasteiger partial charge in [0.2, 0.25) is 0 Å². The minimum absolute atomic E-state index is 0.136. The minimum atomic E-state index is -0.646. The molecule has 0 aliphatic heterocycles. The van der Waals surface area contributed by atoms with E-state index < -0.39 is 17.7 Å². The molecule has 2 aromatic carbocycles. The lowest BCUT2D eigenvalue weighted by atomic mass is 9.73. The first-order valence-electron chi connectivity index (χ1n) is 11.0. The first-order chi connectivity index (χ1) is 15.5. The first kappa shape index (κ1) is 23.7. The van der Waals surface area contributed by atoms with Crippen molar-refractivity contribution < 1.29 is 27.8 Å². The van der Waals surface area contributed by atoms with Gasteiger partial charge in [0.1, 0.15) is 18.2 Å². The van der Waals surface area contributed by atoms with Crippen molar-refractivity contribution >= 4 is 12.1 Å². The molecule has 0 saturated heterocycles. The Hall–Kier alpha value is -2.96. The number of alkyl carbamates (subject to hydrolysis) is 1. The molecule has 0 radical (unpaired) electrons. The Bertz CT molecular complexity index is 906. The van der Waals surface area contributed by atoms with Crippen LogP contribution in [0.15, 0.2) is 48.5 Å². The molecule has 172 valence electrons. The zero-order chi connectivity index (χ0) is 22.9. The summed E-state index contributed by atoms with van der Waals surface area (Å²) >= 11 is 0. The maximum Gasteiger partial charge on any atom is 0.407 e. The molecule has 0 aromatic heterocycles. The molecule has 1 unspecified atom stereocenters. The van der Waals surface area contributed by atoms with Gasteiger partial charge in [0, 0.05) is 24.4 Å². The fraction of sp³-hybridized carbons (Fsp3) is 0.440. The SMILES string of the molecule is CCOC(=O)CCC1CC[C@@H](NC(=O)OCc2ccccc2)[C@H](c2ccc(F)cc2F)C1. The van der Waals surface area contributed by atoms with Crippen molar-refractivity contribution in [3.63, 3.8) is 0 Å². The number of nitrogens with one attached hydrogen (secondary N) is 1. The van der Waals surface area contributed by atoms with Crippen LogP contribution in [-0.2, 0) is 20.9 Å². The summed E-state index contributed by atoms with van der Waals surface area (Å²) in [6.07, 6.45) is 2.32. The van der Waals surface area contributed by atoms with E-state index in [1.165, 1.54) is 12.1 Å². The van der Waals surface area contributed by atoms with Gasteiger partial charge in [-0.3, -0.25) is 4.79 Å². The quantitative estimate of drug-likeness (QED) is 0.546. The van der Waals surface area contributed by atoms with Gasteiger partial charge < -0.3 is 14.8 Å². The van der Waals surface area contributed by atoms with Gasteiger partial charge in [0.15, 0.2) is 0 Å². The average molecular weight is 446 g/mol. The smallest absolute Gasteiger partial charge is 0.407 e. The number of amides is 1. The molecular formula is C25H29F2NO4. The Morgan fingerprint density at radius 2 is 1.84 bits per heavy atom. The monoisotopic (exact) mass is 445 g/mol. The van der Waals surface area contributed by atoms with Crippen LogP contribution in [0.4, 0.5) is 13.6 Å². The van der Waals surface area contributed by atoms with E-state index in [1.54, 1.807) is 6.92 Å². The zero-order valence-electron chi connectivity index (χ0n) is 18.2. The summed E-state index contributed by atoms with van der Waals surface area (Å²) in [5, 5.41) is 2.87. The average Bonchev–Trinajstić information content (AvgIpc) is 2.78. The fourth-order valence-corrected chi connectivity index (χ4v) is 4.31. The van der Waals surface area contributed by atoms with E-state index in [9.17, 15) is 18.4 Å². The third-order valence-corrected chi connectivity index (χ3v) is 5.90. The van der Waals surface area contributed by atoms with Crippen molar-refractivity contribution in [2.75, 3.05) is 6.61 Å². The van der Waals surface area contributed by atoms with Crippen molar-refractivity contribution in [1.29, 1.82) is 0 Å². The molecule has 32 heavy (non-hydrogen) atoms. The van der Waals surface area contributed by atoms with Crippen molar-refractivity contribution in [3.8, 4) is 0 Å². The van der Waals surface area contributed by atoms with Crippen LogP contribution < -0.4 is 5.32 Å². The summed E-state index contributed by atoms with van der Waals surface area (Å²) in [7, 11) is 0. The maximum atomic E-state index is 14.6. The Morgan fingerprint density at radius 1 is 1.06 bits per heavy atom. The van der Waals surface area contributed by atoms with Crippen LogP contribution >= 0.6 is 0 Å². The Morgan fingerprint density at radius 3 is 2.56 bits per heavy atom. The van der Waals surface area contributed by atoms with Crippen LogP contribution in [0, 0.1) is 17.6 Å². The minimum Gasteiger partial charge on any atom is -0.466 e. The van der Waals surface area contributed by atoms with Gasteiger partial charge in [-0.25, -0.2) is 13.6 Å². The van der Waals surface area contributed by atoms with Gasteiger partial charge in [-0.2, -0.15) is 0 Å². The second-order valence-electron chi connectivity index (χ2n) is 8.11. The highest BCUT2D eigenvalue weighted by atomic mass is 19.1. The topological polar surface area (TPSA) is 64.6 Å². The molecule has 3 rings (SSSR count). The highest BCUT2D eigenvalue weighted by molar-refractivity contribution is 5.69. The third kappa shape index (κ3) is 6.77. The van der Waals surface area contributed by atoms with Gasteiger partial charge in [0.25, 0.3) is 0 Å². The van der Waals surface area contributed by atoms with E-state index in [0.717, 1.165) is 18.1 Å². The number of carbonyl (C=O) groups is 2. The van der Waals surface area contributed by atoms with E-state index in [-0.39, 0.29) is 30.5 Å². The fourth-order valence-electron chi connectivity index (χ4n) is 4.31. The molecule has 1 fully saturated rings. The molecule has 0 heterocycles. The van der Waals surface area contributed by atoms with Crippen molar-refractivity contribution in [2.24, 2.45) is 5.92 Å². The predicted molar refractivity (Wildman–Crippen MR) is 116 cm³/mol. The van der Waals surface area contributed by atoms with Gasteiger partial charge in [-0.15, -0.1) is 0 Å². The Balaban J connectivity index is 1.66. The number of hydrogen-bond acceptors (Lipinski definition) is 4. The summed E-state index contributed by atoms with van der Waals surface area (Å²) in [6, 6.07) is 12.5. The number of rotatable bonds is 8. The van der Waals surface area contributed by atoms with E-state index in [4.69, 9.17) is 9.47 Å². The van der Waals surface area contributed by atoms with Crippen molar-refractivity contribution in [2.45, 2.75) is 57.6 Å². The Kier molecular flexibility index (Phi) is 8.59. The molecule has 1 amide bonds. The van der Waals surface area contributed by atoms with Crippen molar-refractivity contribution in [3.05, 3.63) is 71.3 Å². The molecule has 0 spiro atoms. The molecule has 1 aliphatic rings. The van der Waals surface area contributed by atoms with E-state index in [1.807, 2.05) is 30.3 Å². The first-order valence-corrected chi connectivity index (χ1v) is 11.0. The zero-order valence-corrected chi connectivity index (χ0v) is 18.2. The summed E-state index contributed by atoms with van der Waals surface area (Å²) in [5.74, 6) is -1.70. The summed E-state index contributed by atoms with van der Waals surface area (Å²) < 4.78 is 38.4. The van der Waals surface area contributed by atoms with Gasteiger partial charge in [-0.1, -0.05) is 36.4 Å². The van der Waals surface area contributed by atoms with Gasteiger partial charge in [-0.05, 0) is 55.7 Å². The van der Waals surface area contributed by atoms with Crippen LogP contribution in [0.25, 0.3) is 0 Å². The molecular weight excluding hydrogens is 416 g/mol. The van der Waals surface area contributed by atoms with Crippen LogP contribution in [0.5, 0.6) is 0 Å². The maximum absolute atomic E-state index is 14.6. The molecule has 2 aromatic rings. The van der Waals surface area contributed by atoms with Gasteiger partial charge >= 0.3 is 12.1 Å². The van der Waals surface area contributed by atoms with Crippen LogP contribution in [0.3, 0.4) is 0 Å². The molecule has 7 heteroatoms. The largest absolute Gasteiger partial charge is 0.466 e. The highest BCUT2D eigenvalue weighted by Gasteiger charge is 2.34. The number of ether oxygens (including phenoxy) is 2. The molecule has 1 aliphatic carbocycles. The van der Waals surface area contributed by atoms with Crippen LogP contribution in [0.1, 0.15) is 56.1 Å². The normalized spacial score (nSPS) is 20.4.